The third kappa shape index (κ3) is 4.27. The molecule has 0 N–H and O–H groups in total. The van der Waals surface area contributed by atoms with Crippen molar-refractivity contribution in [1.29, 1.82) is 0 Å². The van der Waals surface area contributed by atoms with Crippen molar-refractivity contribution in [3.8, 4) is 33.6 Å². The number of rotatable bonds is 5. The fraction of sp³-hybridized carbons (Fsp3) is 0. The van der Waals surface area contributed by atoms with Crippen LogP contribution >= 0.6 is 11.6 Å². The zero-order valence-electron chi connectivity index (χ0n) is 17.4. The van der Waals surface area contributed by atoms with E-state index in [-0.39, 0.29) is 0 Å². The monoisotopic (exact) mass is 432 g/mol. The van der Waals surface area contributed by atoms with Gasteiger partial charge < -0.3 is 5.43 Å². The van der Waals surface area contributed by atoms with Crippen molar-refractivity contribution in [3.63, 3.8) is 0 Å². The summed E-state index contributed by atoms with van der Waals surface area (Å²) in [5, 5.41) is 0.694. The van der Waals surface area contributed by atoms with Crippen molar-refractivity contribution < 1.29 is 4.68 Å². The lowest BCUT2D eigenvalue weighted by molar-refractivity contribution is -0.595. The third-order valence-corrected chi connectivity index (χ3v) is 5.58. The minimum absolute atomic E-state index is 0.694. The lowest BCUT2D eigenvalue weighted by atomic mass is 9.99. The third-order valence-electron chi connectivity index (χ3n) is 5.33. The minimum Gasteiger partial charge on any atom is -0.404 e. The average molecular weight is 433 g/mol. The number of hydrogen-bond donors (Lipinski definition) is 0. The Morgan fingerprint density at radius 2 is 0.906 bits per heavy atom. The summed E-state index contributed by atoms with van der Waals surface area (Å²) in [7, 11) is 0. The van der Waals surface area contributed by atoms with Gasteiger partial charge >= 0.3 is 0 Å². The predicted molar refractivity (Wildman–Crippen MR) is 133 cm³/mol. The predicted octanol–water partition coefficient (Wildman–Crippen LogP) is 8.10. The number of halogens is 1. The highest BCUT2D eigenvalue weighted by Crippen LogP contribution is 2.31. The molecule has 0 aliphatic heterocycles. The zero-order valence-corrected chi connectivity index (χ0v) is 18.2. The van der Waals surface area contributed by atoms with Gasteiger partial charge in [-0.1, -0.05) is 96.2 Å². The summed E-state index contributed by atoms with van der Waals surface area (Å²) in [6.07, 6.45) is 0. The van der Waals surface area contributed by atoms with E-state index >= 15 is 0 Å². The van der Waals surface area contributed by atoms with Crippen molar-refractivity contribution in [2.75, 3.05) is 0 Å². The molecule has 0 spiro atoms. The Labute approximate surface area is 193 Å². The van der Waals surface area contributed by atoms with Gasteiger partial charge in [0, 0.05) is 28.3 Å². The number of aromatic nitrogens is 1. The molecular formula is C29H21ClN2. The average Bonchev–Trinajstić information content (AvgIpc) is 2.87. The number of pyridine rings is 1. The van der Waals surface area contributed by atoms with Crippen LogP contribution in [-0.2, 0) is 0 Å². The quantitative estimate of drug-likeness (QED) is 0.250. The molecule has 0 aliphatic rings. The molecule has 154 valence electrons. The van der Waals surface area contributed by atoms with Crippen molar-refractivity contribution >= 4 is 17.3 Å². The van der Waals surface area contributed by atoms with Crippen molar-refractivity contribution in [3.05, 3.63) is 138 Å². The molecule has 0 saturated heterocycles. The second-order valence-corrected chi connectivity index (χ2v) is 7.94. The number of hydrogen-bond acceptors (Lipinski definition) is 0. The maximum Gasteiger partial charge on any atom is 0.209 e. The molecule has 0 radical (unpaired) electrons. The molecule has 0 atom stereocenters. The van der Waals surface area contributed by atoms with Gasteiger partial charge in [-0.25, -0.2) is 4.68 Å². The Morgan fingerprint density at radius 3 is 1.38 bits per heavy atom. The molecule has 4 aromatic carbocycles. The van der Waals surface area contributed by atoms with Crippen LogP contribution in [0.1, 0.15) is 0 Å². The largest absolute Gasteiger partial charge is 0.404 e. The van der Waals surface area contributed by atoms with Crippen LogP contribution in [0.5, 0.6) is 0 Å². The van der Waals surface area contributed by atoms with E-state index in [1.807, 2.05) is 47.1 Å². The highest BCUT2D eigenvalue weighted by atomic mass is 35.5. The molecule has 3 heteroatoms. The smallest absolute Gasteiger partial charge is 0.209 e. The van der Waals surface area contributed by atoms with Gasteiger partial charge in [-0.2, -0.15) is 0 Å². The summed E-state index contributed by atoms with van der Waals surface area (Å²) in [5.74, 6) is 0. The lowest BCUT2D eigenvalue weighted by Crippen LogP contribution is -2.34. The first-order valence-electron chi connectivity index (χ1n) is 10.5. The van der Waals surface area contributed by atoms with Gasteiger partial charge in [-0.05, 0) is 47.5 Å². The molecule has 0 amide bonds. The standard InChI is InChI=1S/C29H21ClN2/c30-26-16-18-27(19-17-26)31-32-28(23-12-6-2-7-13-23)20-25(22-10-4-1-5-11-22)21-29(32)24-14-8-3-9-15-24/h1-21H. The molecule has 5 aromatic rings. The Bertz CT molecular complexity index is 1260. The van der Waals surface area contributed by atoms with Crippen LogP contribution in [0.4, 0.5) is 5.69 Å². The Morgan fingerprint density at radius 1 is 0.469 bits per heavy atom. The second kappa shape index (κ2) is 9.09. The molecule has 0 saturated carbocycles. The fourth-order valence-corrected chi connectivity index (χ4v) is 3.87. The first-order chi connectivity index (χ1) is 15.8. The molecule has 0 fully saturated rings. The fourth-order valence-electron chi connectivity index (χ4n) is 3.75. The Balaban J connectivity index is 1.78. The summed E-state index contributed by atoms with van der Waals surface area (Å²) in [5.41, 5.74) is 12.4. The van der Waals surface area contributed by atoms with Gasteiger partial charge in [0.05, 0.1) is 0 Å². The van der Waals surface area contributed by atoms with E-state index in [2.05, 4.69) is 84.9 Å². The van der Waals surface area contributed by atoms with E-state index in [1.54, 1.807) is 0 Å². The van der Waals surface area contributed by atoms with Crippen LogP contribution in [0.15, 0.2) is 127 Å². The second-order valence-electron chi connectivity index (χ2n) is 7.50. The van der Waals surface area contributed by atoms with Crippen LogP contribution in [0.25, 0.3) is 39.1 Å². The number of nitrogens with zero attached hydrogens (tertiary/aromatic N) is 2. The molecule has 0 aliphatic carbocycles. The first-order valence-corrected chi connectivity index (χ1v) is 10.9. The van der Waals surface area contributed by atoms with Crippen molar-refractivity contribution in [2.24, 2.45) is 0 Å². The van der Waals surface area contributed by atoms with Crippen LogP contribution in [0.2, 0.25) is 5.02 Å². The minimum atomic E-state index is 0.694. The van der Waals surface area contributed by atoms with E-state index in [0.29, 0.717) is 5.02 Å². The van der Waals surface area contributed by atoms with Gasteiger partial charge in [0.2, 0.25) is 11.4 Å². The normalized spacial score (nSPS) is 10.7. The molecule has 0 bridgehead atoms. The maximum absolute atomic E-state index is 6.11. The maximum atomic E-state index is 6.11. The molecule has 1 aromatic heterocycles. The summed E-state index contributed by atoms with van der Waals surface area (Å²) >= 11 is 6.11. The summed E-state index contributed by atoms with van der Waals surface area (Å²) < 4.78 is 2.03. The molecule has 0 unspecified atom stereocenters. The highest BCUT2D eigenvalue weighted by molar-refractivity contribution is 6.30. The summed E-state index contributed by atoms with van der Waals surface area (Å²) in [6.45, 7) is 0. The van der Waals surface area contributed by atoms with E-state index in [4.69, 9.17) is 17.0 Å². The SMILES string of the molecule is Clc1ccc([N-][n+]2c(-c3ccccc3)cc(-c3ccccc3)cc2-c2ccccc2)cc1. The van der Waals surface area contributed by atoms with Gasteiger partial charge in [-0.15, -0.1) is 0 Å². The van der Waals surface area contributed by atoms with Crippen molar-refractivity contribution in [1.82, 2.24) is 0 Å². The van der Waals surface area contributed by atoms with Crippen LogP contribution in [0, 0.1) is 0 Å². The Hall–Kier alpha value is -3.88. The van der Waals surface area contributed by atoms with E-state index < -0.39 is 0 Å². The van der Waals surface area contributed by atoms with Gasteiger partial charge in [0.1, 0.15) is 0 Å². The van der Waals surface area contributed by atoms with E-state index in [9.17, 15) is 0 Å². The van der Waals surface area contributed by atoms with Crippen LogP contribution < -0.4 is 4.68 Å². The molecular weight excluding hydrogens is 412 g/mol. The molecule has 32 heavy (non-hydrogen) atoms. The van der Waals surface area contributed by atoms with E-state index in [0.717, 1.165) is 33.8 Å². The summed E-state index contributed by atoms with van der Waals surface area (Å²) in [4.78, 5) is 0. The van der Waals surface area contributed by atoms with Crippen LogP contribution in [0.3, 0.4) is 0 Å². The highest BCUT2D eigenvalue weighted by Gasteiger charge is 2.19. The Kier molecular flexibility index (Phi) is 5.69. The molecule has 1 heterocycles. The van der Waals surface area contributed by atoms with Crippen molar-refractivity contribution in [2.45, 2.75) is 0 Å². The van der Waals surface area contributed by atoms with Gasteiger partial charge in [0.25, 0.3) is 0 Å². The summed E-state index contributed by atoms with van der Waals surface area (Å²) in [6, 6.07) is 43.2. The zero-order chi connectivity index (χ0) is 21.8. The first kappa shape index (κ1) is 20.0. The van der Waals surface area contributed by atoms with Gasteiger partial charge in [0.15, 0.2) is 0 Å². The van der Waals surface area contributed by atoms with Gasteiger partial charge in [-0.3, -0.25) is 0 Å². The van der Waals surface area contributed by atoms with E-state index in [1.165, 1.54) is 5.56 Å². The molecule has 5 rings (SSSR count). The molecule has 2 nitrogen and oxygen atoms in total. The van der Waals surface area contributed by atoms with Crippen LogP contribution in [-0.4, -0.2) is 0 Å². The number of benzene rings is 4. The topological polar surface area (TPSA) is 18.0 Å². The lowest BCUT2D eigenvalue weighted by Gasteiger charge is -2.22.